The first-order chi connectivity index (χ1) is 9.90. The molecule has 0 spiro atoms. The van der Waals surface area contributed by atoms with Gasteiger partial charge in [0, 0.05) is 12.2 Å². The first-order valence-electron chi connectivity index (χ1n) is 7.55. The summed E-state index contributed by atoms with van der Waals surface area (Å²) in [5.74, 6) is 0.0408. The van der Waals surface area contributed by atoms with Crippen molar-refractivity contribution in [2.45, 2.75) is 34.1 Å². The predicted octanol–water partition coefficient (Wildman–Crippen LogP) is 2.65. The van der Waals surface area contributed by atoms with Gasteiger partial charge in [0.25, 0.3) is 0 Å². The third-order valence-electron chi connectivity index (χ3n) is 4.01. The highest BCUT2D eigenvalue weighted by atomic mass is 16.2. The van der Waals surface area contributed by atoms with Crippen molar-refractivity contribution in [2.75, 3.05) is 11.9 Å². The third kappa shape index (κ3) is 3.84. The van der Waals surface area contributed by atoms with Crippen molar-refractivity contribution >= 4 is 17.5 Å². The van der Waals surface area contributed by atoms with Gasteiger partial charge in [-0.15, -0.1) is 0 Å². The molecule has 2 atom stereocenters. The van der Waals surface area contributed by atoms with E-state index < -0.39 is 0 Å². The molecule has 0 heterocycles. The lowest BCUT2D eigenvalue weighted by Gasteiger charge is -2.10. The number of aryl methyl sites for hydroxylation is 1. The number of nitrogens with one attached hydrogen (secondary N) is 2. The highest BCUT2D eigenvalue weighted by Gasteiger charge is 2.47. The van der Waals surface area contributed by atoms with Gasteiger partial charge in [-0.1, -0.05) is 26.0 Å². The average molecular weight is 288 g/mol. The minimum atomic E-state index is -0.183. The van der Waals surface area contributed by atoms with Gasteiger partial charge in [-0.3, -0.25) is 9.59 Å². The largest absolute Gasteiger partial charge is 0.356 e. The van der Waals surface area contributed by atoms with Crippen LogP contribution in [-0.2, 0) is 9.59 Å². The molecule has 1 aromatic carbocycles. The summed E-state index contributed by atoms with van der Waals surface area (Å²) in [6.07, 6.45) is 0.653. The van der Waals surface area contributed by atoms with E-state index in [1.807, 2.05) is 32.0 Å². The monoisotopic (exact) mass is 288 g/mol. The van der Waals surface area contributed by atoms with Gasteiger partial charge >= 0.3 is 0 Å². The molecule has 1 aliphatic rings. The lowest BCUT2D eigenvalue weighted by molar-refractivity contribution is -0.125. The number of rotatable bonds is 5. The molecule has 0 bridgehead atoms. The highest BCUT2D eigenvalue weighted by molar-refractivity contribution is 6.00. The van der Waals surface area contributed by atoms with Crippen LogP contribution in [0.4, 0.5) is 5.69 Å². The molecule has 21 heavy (non-hydrogen) atoms. The first kappa shape index (κ1) is 15.5. The Kier molecular flexibility index (Phi) is 4.66. The molecule has 2 rings (SSSR count). The molecular weight excluding hydrogens is 264 g/mol. The molecule has 4 nitrogen and oxygen atoms in total. The summed E-state index contributed by atoms with van der Waals surface area (Å²) in [6, 6.07) is 5.85. The van der Waals surface area contributed by atoms with E-state index in [1.165, 1.54) is 0 Å². The molecule has 1 aromatic rings. The summed E-state index contributed by atoms with van der Waals surface area (Å²) in [7, 11) is 0. The van der Waals surface area contributed by atoms with E-state index in [9.17, 15) is 9.59 Å². The number of amides is 2. The Hall–Kier alpha value is -1.84. The summed E-state index contributed by atoms with van der Waals surface area (Å²) >= 11 is 0. The summed E-state index contributed by atoms with van der Waals surface area (Å²) in [4.78, 5) is 24.1. The van der Waals surface area contributed by atoms with E-state index in [4.69, 9.17) is 0 Å². The fourth-order valence-electron chi connectivity index (χ4n) is 2.32. The maximum atomic E-state index is 12.2. The van der Waals surface area contributed by atoms with Crippen LogP contribution in [0.3, 0.4) is 0 Å². The Labute approximate surface area is 126 Å². The van der Waals surface area contributed by atoms with Gasteiger partial charge in [-0.05, 0) is 43.4 Å². The Morgan fingerprint density at radius 3 is 2.52 bits per heavy atom. The van der Waals surface area contributed by atoms with Crippen LogP contribution >= 0.6 is 0 Å². The van der Waals surface area contributed by atoms with Gasteiger partial charge < -0.3 is 10.6 Å². The van der Waals surface area contributed by atoms with Crippen molar-refractivity contribution in [3.05, 3.63) is 29.3 Å². The second-order valence-electron chi connectivity index (χ2n) is 6.32. The van der Waals surface area contributed by atoms with Crippen LogP contribution in [0.15, 0.2) is 18.2 Å². The van der Waals surface area contributed by atoms with Gasteiger partial charge in [-0.2, -0.15) is 0 Å². The van der Waals surface area contributed by atoms with Crippen molar-refractivity contribution in [3.8, 4) is 0 Å². The van der Waals surface area contributed by atoms with Gasteiger partial charge in [0.15, 0.2) is 0 Å². The van der Waals surface area contributed by atoms with Crippen molar-refractivity contribution in [1.82, 2.24) is 5.32 Å². The van der Waals surface area contributed by atoms with Crippen LogP contribution in [-0.4, -0.2) is 18.4 Å². The Balaban J connectivity index is 1.89. The lowest BCUT2D eigenvalue weighted by atomic mass is 10.1. The van der Waals surface area contributed by atoms with E-state index in [0.29, 0.717) is 18.9 Å². The lowest BCUT2D eigenvalue weighted by Crippen LogP contribution is -2.30. The fourth-order valence-corrected chi connectivity index (χ4v) is 2.32. The number of benzene rings is 1. The van der Waals surface area contributed by atoms with Gasteiger partial charge in [0.2, 0.25) is 11.8 Å². The summed E-state index contributed by atoms with van der Waals surface area (Å²) in [6.45, 7) is 8.78. The highest BCUT2D eigenvalue weighted by Crippen LogP contribution is 2.39. The van der Waals surface area contributed by atoms with Crippen molar-refractivity contribution < 1.29 is 9.59 Å². The van der Waals surface area contributed by atoms with E-state index >= 15 is 0 Å². The number of hydrogen-bond acceptors (Lipinski definition) is 2. The second-order valence-corrected chi connectivity index (χ2v) is 6.32. The third-order valence-corrected chi connectivity index (χ3v) is 4.01. The van der Waals surface area contributed by atoms with Crippen LogP contribution in [0, 0.1) is 31.6 Å². The smallest absolute Gasteiger partial charge is 0.228 e. The molecule has 1 aliphatic carbocycles. The van der Waals surface area contributed by atoms with E-state index in [1.54, 1.807) is 0 Å². The van der Waals surface area contributed by atoms with Gasteiger partial charge in [0.05, 0.1) is 11.8 Å². The molecule has 0 saturated heterocycles. The maximum absolute atomic E-state index is 12.2. The number of carbonyl (C=O) groups is 2. The molecule has 2 unspecified atom stereocenters. The minimum absolute atomic E-state index is 0.00446. The van der Waals surface area contributed by atoms with Crippen LogP contribution in [0.2, 0.25) is 0 Å². The Bertz CT molecular complexity index is 552. The molecule has 0 aromatic heterocycles. The molecular formula is C17H24N2O2. The van der Waals surface area contributed by atoms with Crippen molar-refractivity contribution in [1.29, 1.82) is 0 Å². The molecule has 0 radical (unpaired) electrons. The van der Waals surface area contributed by atoms with E-state index in [2.05, 4.69) is 24.5 Å². The van der Waals surface area contributed by atoms with Crippen LogP contribution in [0.5, 0.6) is 0 Å². The van der Waals surface area contributed by atoms with E-state index in [-0.39, 0.29) is 23.7 Å². The standard InChI is InChI=1S/C17H24N2O2/c1-10(2)9-18-16(20)13-8-14(13)17(21)19-15-7-5-6-11(3)12(15)4/h5-7,10,13-14H,8-9H2,1-4H3,(H,18,20)(H,19,21). The Morgan fingerprint density at radius 1 is 1.19 bits per heavy atom. The van der Waals surface area contributed by atoms with Crippen LogP contribution in [0.1, 0.15) is 31.4 Å². The normalized spacial score (nSPS) is 20.2. The van der Waals surface area contributed by atoms with Gasteiger partial charge in [0.1, 0.15) is 0 Å². The molecule has 114 valence electrons. The summed E-state index contributed by atoms with van der Waals surface area (Å²) < 4.78 is 0. The molecule has 2 amide bonds. The van der Waals surface area contributed by atoms with Gasteiger partial charge in [-0.25, -0.2) is 0 Å². The second kappa shape index (κ2) is 6.29. The fraction of sp³-hybridized carbons (Fsp3) is 0.529. The minimum Gasteiger partial charge on any atom is -0.356 e. The summed E-state index contributed by atoms with van der Waals surface area (Å²) in [5.41, 5.74) is 3.07. The zero-order valence-corrected chi connectivity index (χ0v) is 13.2. The topological polar surface area (TPSA) is 58.2 Å². The number of carbonyl (C=O) groups excluding carboxylic acids is 2. The predicted molar refractivity (Wildman–Crippen MR) is 84.0 cm³/mol. The van der Waals surface area contributed by atoms with Crippen LogP contribution < -0.4 is 10.6 Å². The molecule has 1 saturated carbocycles. The van der Waals surface area contributed by atoms with Crippen molar-refractivity contribution in [3.63, 3.8) is 0 Å². The Morgan fingerprint density at radius 2 is 1.86 bits per heavy atom. The van der Waals surface area contributed by atoms with Crippen molar-refractivity contribution in [2.24, 2.45) is 17.8 Å². The zero-order chi connectivity index (χ0) is 15.6. The maximum Gasteiger partial charge on any atom is 0.228 e. The van der Waals surface area contributed by atoms with Crippen LogP contribution in [0.25, 0.3) is 0 Å². The van der Waals surface area contributed by atoms with E-state index in [0.717, 1.165) is 16.8 Å². The zero-order valence-electron chi connectivity index (χ0n) is 13.2. The average Bonchev–Trinajstić information content (AvgIpc) is 3.21. The molecule has 1 fully saturated rings. The quantitative estimate of drug-likeness (QED) is 0.875. The molecule has 2 N–H and O–H groups in total. The molecule has 4 heteroatoms. The first-order valence-corrected chi connectivity index (χ1v) is 7.55. The summed E-state index contributed by atoms with van der Waals surface area (Å²) in [5, 5.41) is 5.84. The number of hydrogen-bond donors (Lipinski definition) is 2. The molecule has 0 aliphatic heterocycles. The SMILES string of the molecule is Cc1cccc(NC(=O)C2CC2C(=O)NCC(C)C)c1C. The number of anilines is 1.